The fraction of sp³-hybridized carbons (Fsp3) is 0.320. The molecule has 1 saturated heterocycles. The Morgan fingerprint density at radius 3 is 2.31 bits per heavy atom. The zero-order valence-electron chi connectivity index (χ0n) is 17.8. The Balaban J connectivity index is 1.33. The minimum absolute atomic E-state index is 0.0273. The second-order valence-electron chi connectivity index (χ2n) is 8.62. The third kappa shape index (κ3) is 3.64. The second kappa shape index (κ2) is 8.15. The molecule has 7 heteroatoms. The molecule has 3 aromatic rings. The first-order valence-electron chi connectivity index (χ1n) is 10.8. The molecule has 5 rings (SSSR count). The number of rotatable bonds is 4. The molecule has 0 spiro atoms. The van der Waals surface area contributed by atoms with E-state index in [-0.39, 0.29) is 25.0 Å². The molecule has 2 atom stereocenters. The third-order valence-corrected chi connectivity index (χ3v) is 6.59. The van der Waals surface area contributed by atoms with Crippen molar-refractivity contribution in [2.24, 2.45) is 13.0 Å². The molecule has 32 heavy (non-hydrogen) atoms. The number of piperidine rings is 1. The minimum Gasteiger partial charge on any atom is -0.481 e. The van der Waals surface area contributed by atoms with Crippen LogP contribution in [-0.4, -0.2) is 51.5 Å². The maximum Gasteiger partial charge on any atom is 0.409 e. The Morgan fingerprint density at radius 2 is 1.72 bits per heavy atom. The van der Waals surface area contributed by atoms with Gasteiger partial charge in [0.05, 0.1) is 12.1 Å². The van der Waals surface area contributed by atoms with Crippen LogP contribution in [0.3, 0.4) is 0 Å². The lowest BCUT2D eigenvalue weighted by Gasteiger charge is -2.35. The molecule has 1 amide bonds. The fourth-order valence-electron chi connectivity index (χ4n) is 5.00. The average Bonchev–Trinajstić information content (AvgIpc) is 3.38. The SMILES string of the molecule is Cn1cc(C2CC(C(=O)O)CN(C(=O)OCC3c4ccccc4-c4ccccc43)C2)cn1. The molecule has 2 aromatic carbocycles. The molecular formula is C25H25N3O4. The summed E-state index contributed by atoms with van der Waals surface area (Å²) in [5.74, 6) is -1.64. The standard InChI is InChI=1S/C25H25N3O4/c1-27-12-18(11-26-27)16-10-17(24(29)30)14-28(13-16)25(31)32-15-23-21-8-4-2-6-19(21)20-7-3-5-9-22(20)23/h2-9,11-12,16-17,23H,10,13-15H2,1H3,(H,29,30). The minimum atomic E-state index is -0.893. The van der Waals surface area contributed by atoms with Crippen LogP contribution in [-0.2, 0) is 16.6 Å². The van der Waals surface area contributed by atoms with Crippen LogP contribution in [0.2, 0.25) is 0 Å². The Morgan fingerprint density at radius 1 is 1.06 bits per heavy atom. The summed E-state index contributed by atoms with van der Waals surface area (Å²) in [7, 11) is 1.82. The highest BCUT2D eigenvalue weighted by Crippen LogP contribution is 2.44. The molecule has 2 heterocycles. The largest absolute Gasteiger partial charge is 0.481 e. The number of nitrogens with zero attached hydrogens (tertiary/aromatic N) is 3. The Bertz CT molecular complexity index is 1130. The molecular weight excluding hydrogens is 406 g/mol. The van der Waals surface area contributed by atoms with Crippen molar-refractivity contribution in [3.63, 3.8) is 0 Å². The van der Waals surface area contributed by atoms with Crippen LogP contribution in [0.4, 0.5) is 4.79 Å². The van der Waals surface area contributed by atoms with Gasteiger partial charge in [-0.25, -0.2) is 4.79 Å². The summed E-state index contributed by atoms with van der Waals surface area (Å²) in [6, 6.07) is 16.4. The van der Waals surface area contributed by atoms with Crippen LogP contribution in [0.15, 0.2) is 60.9 Å². The number of fused-ring (bicyclic) bond motifs is 3. The van der Waals surface area contributed by atoms with E-state index >= 15 is 0 Å². The number of aliphatic carboxylic acids is 1. The van der Waals surface area contributed by atoms with Crippen LogP contribution >= 0.6 is 0 Å². The summed E-state index contributed by atoms with van der Waals surface area (Å²) in [6.07, 6.45) is 3.63. The van der Waals surface area contributed by atoms with Crippen LogP contribution < -0.4 is 0 Å². The van der Waals surface area contributed by atoms with Gasteiger partial charge in [-0.05, 0) is 34.2 Å². The van der Waals surface area contributed by atoms with E-state index in [1.165, 1.54) is 16.0 Å². The predicted molar refractivity (Wildman–Crippen MR) is 118 cm³/mol. The number of likely N-dealkylation sites (tertiary alicyclic amines) is 1. The molecule has 0 radical (unpaired) electrons. The Kier molecular flexibility index (Phi) is 5.17. The van der Waals surface area contributed by atoms with E-state index in [4.69, 9.17) is 4.74 Å². The van der Waals surface area contributed by atoms with E-state index in [0.29, 0.717) is 13.0 Å². The van der Waals surface area contributed by atoms with Crippen LogP contribution in [0.5, 0.6) is 0 Å². The molecule has 1 N–H and O–H groups in total. The number of aryl methyl sites for hydroxylation is 1. The van der Waals surface area contributed by atoms with Crippen molar-refractivity contribution >= 4 is 12.1 Å². The highest BCUT2D eigenvalue weighted by molar-refractivity contribution is 5.79. The summed E-state index contributed by atoms with van der Waals surface area (Å²) in [5, 5.41) is 13.8. The van der Waals surface area contributed by atoms with Gasteiger partial charge in [0, 0.05) is 38.2 Å². The van der Waals surface area contributed by atoms with Crippen molar-refractivity contribution in [3.8, 4) is 11.1 Å². The molecule has 0 saturated carbocycles. The van der Waals surface area contributed by atoms with Crippen molar-refractivity contribution in [1.29, 1.82) is 0 Å². The Hall–Kier alpha value is -3.61. The normalized spacial score (nSPS) is 20.0. The van der Waals surface area contributed by atoms with E-state index in [1.807, 2.05) is 37.5 Å². The maximum atomic E-state index is 13.0. The van der Waals surface area contributed by atoms with Gasteiger partial charge in [-0.15, -0.1) is 0 Å². The van der Waals surface area contributed by atoms with Gasteiger partial charge in [0.1, 0.15) is 6.61 Å². The van der Waals surface area contributed by atoms with Gasteiger partial charge in [0.25, 0.3) is 0 Å². The van der Waals surface area contributed by atoms with Crippen LogP contribution in [0.1, 0.15) is 34.9 Å². The van der Waals surface area contributed by atoms with E-state index in [0.717, 1.165) is 16.7 Å². The van der Waals surface area contributed by atoms with Crippen LogP contribution in [0, 0.1) is 5.92 Å². The maximum absolute atomic E-state index is 13.0. The van der Waals surface area contributed by atoms with E-state index in [2.05, 4.69) is 29.4 Å². The highest BCUT2D eigenvalue weighted by atomic mass is 16.6. The molecule has 1 fully saturated rings. The number of carboxylic acid groups (broad SMARTS) is 1. The first-order chi connectivity index (χ1) is 15.5. The van der Waals surface area contributed by atoms with E-state index in [1.54, 1.807) is 10.9 Å². The van der Waals surface area contributed by atoms with Crippen LogP contribution in [0.25, 0.3) is 11.1 Å². The van der Waals surface area contributed by atoms with Gasteiger partial charge in [0.2, 0.25) is 0 Å². The molecule has 2 aliphatic rings. The molecule has 164 valence electrons. The van der Waals surface area contributed by atoms with Gasteiger partial charge < -0.3 is 14.7 Å². The summed E-state index contributed by atoms with van der Waals surface area (Å²) in [6.45, 7) is 0.799. The van der Waals surface area contributed by atoms with Crippen molar-refractivity contribution in [2.75, 3.05) is 19.7 Å². The highest BCUT2D eigenvalue weighted by Gasteiger charge is 2.36. The number of hydrogen-bond acceptors (Lipinski definition) is 4. The van der Waals surface area contributed by atoms with Crippen molar-refractivity contribution in [3.05, 3.63) is 77.6 Å². The number of benzene rings is 2. The van der Waals surface area contributed by atoms with Crippen molar-refractivity contribution in [1.82, 2.24) is 14.7 Å². The number of carbonyl (C=O) groups excluding carboxylic acids is 1. The summed E-state index contributed by atoms with van der Waals surface area (Å²) in [5.41, 5.74) is 5.58. The molecule has 1 aliphatic heterocycles. The zero-order valence-corrected chi connectivity index (χ0v) is 17.8. The van der Waals surface area contributed by atoms with E-state index < -0.39 is 18.0 Å². The molecule has 7 nitrogen and oxygen atoms in total. The molecule has 0 bridgehead atoms. The Labute approximate surface area is 186 Å². The number of aromatic nitrogens is 2. The third-order valence-electron chi connectivity index (χ3n) is 6.59. The topological polar surface area (TPSA) is 84.7 Å². The fourth-order valence-corrected chi connectivity index (χ4v) is 5.00. The lowest BCUT2D eigenvalue weighted by atomic mass is 9.86. The molecule has 2 unspecified atom stereocenters. The lowest BCUT2D eigenvalue weighted by Crippen LogP contribution is -2.45. The summed E-state index contributed by atoms with van der Waals surface area (Å²) >= 11 is 0. The lowest BCUT2D eigenvalue weighted by molar-refractivity contribution is -0.143. The smallest absolute Gasteiger partial charge is 0.409 e. The number of carbonyl (C=O) groups is 2. The van der Waals surface area contributed by atoms with Gasteiger partial charge in [0.15, 0.2) is 0 Å². The van der Waals surface area contributed by atoms with Crippen molar-refractivity contribution < 1.29 is 19.4 Å². The number of hydrogen-bond donors (Lipinski definition) is 1. The van der Waals surface area contributed by atoms with Crippen molar-refractivity contribution in [2.45, 2.75) is 18.3 Å². The average molecular weight is 431 g/mol. The number of carboxylic acids is 1. The first kappa shape index (κ1) is 20.3. The monoisotopic (exact) mass is 431 g/mol. The van der Waals surface area contributed by atoms with Gasteiger partial charge >= 0.3 is 12.1 Å². The van der Waals surface area contributed by atoms with Gasteiger partial charge in [-0.3, -0.25) is 9.48 Å². The zero-order chi connectivity index (χ0) is 22.2. The molecule has 1 aromatic heterocycles. The van der Waals surface area contributed by atoms with Gasteiger partial charge in [-0.1, -0.05) is 48.5 Å². The van der Waals surface area contributed by atoms with Gasteiger partial charge in [-0.2, -0.15) is 5.10 Å². The second-order valence-corrected chi connectivity index (χ2v) is 8.62. The molecule has 1 aliphatic carbocycles. The number of ether oxygens (including phenoxy) is 1. The first-order valence-corrected chi connectivity index (χ1v) is 10.8. The number of amides is 1. The quantitative estimate of drug-likeness (QED) is 0.678. The summed E-state index contributed by atoms with van der Waals surface area (Å²) < 4.78 is 7.46. The predicted octanol–water partition coefficient (Wildman–Crippen LogP) is 3.86. The summed E-state index contributed by atoms with van der Waals surface area (Å²) in [4.78, 5) is 26.3. The van der Waals surface area contributed by atoms with E-state index in [9.17, 15) is 14.7 Å².